The van der Waals surface area contributed by atoms with E-state index in [1.807, 2.05) is 6.21 Å². The number of hydrogen-bond acceptors (Lipinski definition) is 1. The van der Waals surface area contributed by atoms with Gasteiger partial charge in [-0.2, -0.15) is 0 Å². The van der Waals surface area contributed by atoms with Crippen molar-refractivity contribution in [3.8, 4) is 0 Å². The minimum atomic E-state index is 1.10. The van der Waals surface area contributed by atoms with Crippen molar-refractivity contribution in [1.82, 2.24) is 0 Å². The standard InChI is InChI=1S/C10H13N/c1-3-9-4-6-10(7-5-9)8-11-2/h4-8H,3H2,1-2H3/b11-8-. The van der Waals surface area contributed by atoms with Crippen molar-refractivity contribution in [3.05, 3.63) is 35.4 Å². The Hall–Kier alpha value is -1.11. The molecule has 0 radical (unpaired) electrons. The average Bonchev–Trinajstić information content (AvgIpc) is 2.07. The molecule has 0 aromatic heterocycles. The maximum absolute atomic E-state index is 3.94. The Morgan fingerprint density at radius 2 is 1.91 bits per heavy atom. The molecule has 0 heterocycles. The molecule has 0 amide bonds. The lowest BCUT2D eigenvalue weighted by Crippen LogP contribution is -1.82. The van der Waals surface area contributed by atoms with Crippen molar-refractivity contribution in [2.45, 2.75) is 13.3 Å². The van der Waals surface area contributed by atoms with E-state index in [0.717, 1.165) is 6.42 Å². The summed E-state index contributed by atoms with van der Waals surface area (Å²) in [7, 11) is 1.79. The highest BCUT2D eigenvalue weighted by atomic mass is 14.6. The molecule has 1 nitrogen and oxygen atoms in total. The molecule has 0 saturated heterocycles. The lowest BCUT2D eigenvalue weighted by Gasteiger charge is -1.95. The predicted molar refractivity (Wildman–Crippen MR) is 49.3 cm³/mol. The maximum atomic E-state index is 3.94. The predicted octanol–water partition coefficient (Wildman–Crippen LogP) is 2.30. The molecule has 1 aromatic rings. The van der Waals surface area contributed by atoms with Gasteiger partial charge in [-0.15, -0.1) is 0 Å². The molecule has 0 aliphatic carbocycles. The van der Waals surface area contributed by atoms with E-state index in [2.05, 4.69) is 36.2 Å². The van der Waals surface area contributed by atoms with Crippen LogP contribution >= 0.6 is 0 Å². The second-order valence-corrected chi connectivity index (χ2v) is 2.48. The van der Waals surface area contributed by atoms with Crippen LogP contribution < -0.4 is 0 Å². The summed E-state index contributed by atoms with van der Waals surface area (Å²) in [6, 6.07) is 8.45. The minimum absolute atomic E-state index is 1.10. The fourth-order valence-corrected chi connectivity index (χ4v) is 0.988. The van der Waals surface area contributed by atoms with Crippen molar-refractivity contribution >= 4 is 6.21 Å². The van der Waals surface area contributed by atoms with E-state index in [9.17, 15) is 0 Å². The number of nitrogens with zero attached hydrogens (tertiary/aromatic N) is 1. The fraction of sp³-hybridized carbons (Fsp3) is 0.300. The molecule has 0 aliphatic rings. The Balaban J connectivity index is 2.82. The second kappa shape index (κ2) is 3.91. The molecule has 0 fully saturated rings. The lowest BCUT2D eigenvalue weighted by atomic mass is 10.1. The van der Waals surface area contributed by atoms with Crippen LogP contribution in [0, 0.1) is 0 Å². The summed E-state index contributed by atoms with van der Waals surface area (Å²) < 4.78 is 0. The van der Waals surface area contributed by atoms with Crippen LogP contribution in [0.25, 0.3) is 0 Å². The van der Waals surface area contributed by atoms with E-state index in [1.165, 1.54) is 11.1 Å². The third kappa shape index (κ3) is 2.19. The van der Waals surface area contributed by atoms with Gasteiger partial charge in [0.05, 0.1) is 0 Å². The maximum Gasteiger partial charge on any atom is 0.0281 e. The molecule has 0 aliphatic heterocycles. The molecule has 1 rings (SSSR count). The summed E-state index contributed by atoms with van der Waals surface area (Å²) in [5.41, 5.74) is 2.54. The van der Waals surface area contributed by atoms with E-state index in [1.54, 1.807) is 7.05 Å². The van der Waals surface area contributed by atoms with Gasteiger partial charge in [-0.3, -0.25) is 4.99 Å². The molecule has 11 heavy (non-hydrogen) atoms. The first-order valence-electron chi connectivity index (χ1n) is 3.88. The van der Waals surface area contributed by atoms with Gasteiger partial charge in [0.15, 0.2) is 0 Å². The summed E-state index contributed by atoms with van der Waals surface area (Å²) in [6.07, 6.45) is 2.96. The number of hydrogen-bond donors (Lipinski definition) is 0. The van der Waals surface area contributed by atoms with Gasteiger partial charge in [0.2, 0.25) is 0 Å². The van der Waals surface area contributed by atoms with Gasteiger partial charge in [-0.05, 0) is 17.5 Å². The van der Waals surface area contributed by atoms with E-state index < -0.39 is 0 Å². The van der Waals surface area contributed by atoms with Crippen LogP contribution in [0.2, 0.25) is 0 Å². The zero-order valence-electron chi connectivity index (χ0n) is 7.04. The van der Waals surface area contributed by atoms with E-state index in [-0.39, 0.29) is 0 Å². The Morgan fingerprint density at radius 1 is 1.27 bits per heavy atom. The number of benzene rings is 1. The topological polar surface area (TPSA) is 12.4 Å². The monoisotopic (exact) mass is 147 g/mol. The first-order valence-corrected chi connectivity index (χ1v) is 3.88. The van der Waals surface area contributed by atoms with Crippen LogP contribution in [-0.2, 0) is 6.42 Å². The van der Waals surface area contributed by atoms with Crippen molar-refractivity contribution < 1.29 is 0 Å². The molecular formula is C10H13N. The van der Waals surface area contributed by atoms with Gasteiger partial charge < -0.3 is 0 Å². The van der Waals surface area contributed by atoms with Crippen LogP contribution in [0.3, 0.4) is 0 Å². The average molecular weight is 147 g/mol. The zero-order chi connectivity index (χ0) is 8.10. The largest absolute Gasteiger partial charge is 0.296 e. The third-order valence-corrected chi connectivity index (χ3v) is 1.67. The highest BCUT2D eigenvalue weighted by Crippen LogP contribution is 2.02. The molecule has 0 N–H and O–H groups in total. The van der Waals surface area contributed by atoms with Crippen LogP contribution in [0.5, 0.6) is 0 Å². The van der Waals surface area contributed by atoms with Gasteiger partial charge in [-0.25, -0.2) is 0 Å². The quantitative estimate of drug-likeness (QED) is 0.569. The van der Waals surface area contributed by atoms with Crippen LogP contribution in [0.1, 0.15) is 18.1 Å². The molecule has 0 atom stereocenters. The Morgan fingerprint density at radius 3 is 2.36 bits per heavy atom. The van der Waals surface area contributed by atoms with Crippen molar-refractivity contribution in [3.63, 3.8) is 0 Å². The summed E-state index contributed by atoms with van der Waals surface area (Å²) in [6.45, 7) is 2.16. The van der Waals surface area contributed by atoms with Crippen molar-refractivity contribution in [2.75, 3.05) is 7.05 Å². The SMILES string of the molecule is CCc1ccc(/C=N\C)cc1. The van der Waals surface area contributed by atoms with Crippen LogP contribution in [0.15, 0.2) is 29.3 Å². The van der Waals surface area contributed by atoms with Gasteiger partial charge in [0.25, 0.3) is 0 Å². The Kier molecular flexibility index (Phi) is 2.84. The zero-order valence-corrected chi connectivity index (χ0v) is 7.04. The summed E-state index contributed by atoms with van der Waals surface area (Å²) in [5, 5.41) is 0. The normalized spacial score (nSPS) is 10.7. The molecule has 0 bridgehead atoms. The number of rotatable bonds is 2. The number of aryl methyl sites for hydroxylation is 1. The number of aliphatic imine (C=N–C) groups is 1. The van der Waals surface area contributed by atoms with E-state index in [0.29, 0.717) is 0 Å². The Bertz CT molecular complexity index is 234. The van der Waals surface area contributed by atoms with Gasteiger partial charge in [-0.1, -0.05) is 31.2 Å². The fourth-order valence-electron chi connectivity index (χ4n) is 0.988. The molecule has 1 aromatic carbocycles. The van der Waals surface area contributed by atoms with E-state index in [4.69, 9.17) is 0 Å². The smallest absolute Gasteiger partial charge is 0.0281 e. The highest BCUT2D eigenvalue weighted by molar-refractivity contribution is 5.79. The van der Waals surface area contributed by atoms with Gasteiger partial charge in [0.1, 0.15) is 0 Å². The van der Waals surface area contributed by atoms with Crippen molar-refractivity contribution in [1.29, 1.82) is 0 Å². The minimum Gasteiger partial charge on any atom is -0.296 e. The Labute approximate surface area is 67.8 Å². The molecule has 58 valence electrons. The summed E-state index contributed by atoms with van der Waals surface area (Å²) in [5.74, 6) is 0. The molecule has 0 unspecified atom stereocenters. The lowest BCUT2D eigenvalue weighted by molar-refractivity contribution is 1.14. The summed E-state index contributed by atoms with van der Waals surface area (Å²) in [4.78, 5) is 3.94. The van der Waals surface area contributed by atoms with Crippen LogP contribution in [-0.4, -0.2) is 13.3 Å². The molecule has 0 spiro atoms. The van der Waals surface area contributed by atoms with E-state index >= 15 is 0 Å². The second-order valence-electron chi connectivity index (χ2n) is 2.48. The first-order chi connectivity index (χ1) is 5.36. The summed E-state index contributed by atoms with van der Waals surface area (Å²) >= 11 is 0. The molecule has 0 saturated carbocycles. The first kappa shape index (κ1) is 7.99. The molecular weight excluding hydrogens is 134 g/mol. The van der Waals surface area contributed by atoms with Gasteiger partial charge >= 0.3 is 0 Å². The van der Waals surface area contributed by atoms with Crippen molar-refractivity contribution in [2.24, 2.45) is 4.99 Å². The third-order valence-electron chi connectivity index (χ3n) is 1.67. The highest BCUT2D eigenvalue weighted by Gasteiger charge is 1.87. The van der Waals surface area contributed by atoms with Gasteiger partial charge in [0, 0.05) is 13.3 Å². The van der Waals surface area contributed by atoms with Crippen LogP contribution in [0.4, 0.5) is 0 Å². The molecule has 1 heteroatoms.